The normalized spacial score (nSPS) is 18.6. The van der Waals surface area contributed by atoms with Crippen LogP contribution in [0.3, 0.4) is 0 Å². The number of hydrogen-bond acceptors (Lipinski definition) is 5. The maximum absolute atomic E-state index is 11.5. The van der Waals surface area contributed by atoms with Crippen molar-refractivity contribution in [3.63, 3.8) is 0 Å². The zero-order chi connectivity index (χ0) is 19.8. The molecule has 3 aromatic rings. The highest BCUT2D eigenvalue weighted by Gasteiger charge is 2.31. The van der Waals surface area contributed by atoms with Crippen molar-refractivity contribution in [2.45, 2.75) is 25.7 Å². The third-order valence-electron chi connectivity index (χ3n) is 5.61. The number of benzene rings is 2. The smallest absolute Gasteiger partial charge is 0.270 e. The number of aromatic nitrogens is 1. The van der Waals surface area contributed by atoms with Crippen LogP contribution in [0, 0.1) is 10.1 Å². The molecule has 5 rings (SSSR count). The molecule has 7 heteroatoms. The first-order valence-electron chi connectivity index (χ1n) is 9.65. The minimum absolute atomic E-state index is 0.0736. The molecule has 0 amide bonds. The monoisotopic (exact) mass is 391 g/mol. The van der Waals surface area contributed by atoms with Crippen molar-refractivity contribution in [2.75, 3.05) is 13.3 Å². The van der Waals surface area contributed by atoms with Crippen LogP contribution >= 0.6 is 0 Å². The molecule has 0 N–H and O–H groups in total. The highest BCUT2D eigenvalue weighted by Crippen LogP contribution is 2.38. The summed E-state index contributed by atoms with van der Waals surface area (Å²) in [5.74, 6) is 0.717. The number of non-ortho nitro benzene ring substituents is 1. The fraction of sp³-hybridized carbons (Fsp3) is 0.273. The Bertz CT molecular complexity index is 1050. The van der Waals surface area contributed by atoms with Crippen LogP contribution in [0.1, 0.15) is 28.4 Å². The Kier molecular flexibility index (Phi) is 4.54. The fourth-order valence-electron chi connectivity index (χ4n) is 4.34. The Morgan fingerprint density at radius 3 is 2.79 bits per heavy atom. The maximum atomic E-state index is 11.5. The zero-order valence-electron chi connectivity index (χ0n) is 15.9. The van der Waals surface area contributed by atoms with Crippen molar-refractivity contribution in [3.05, 3.63) is 93.3 Å². The van der Waals surface area contributed by atoms with Gasteiger partial charge in [-0.2, -0.15) is 0 Å². The summed E-state index contributed by atoms with van der Waals surface area (Å²) in [7, 11) is 0. The molecule has 148 valence electrons. The van der Waals surface area contributed by atoms with Crippen molar-refractivity contribution < 1.29 is 14.4 Å². The molecule has 2 aromatic carbocycles. The molecule has 29 heavy (non-hydrogen) atoms. The molecule has 2 aliphatic rings. The van der Waals surface area contributed by atoms with Gasteiger partial charge in [-0.15, -0.1) is 0 Å². The van der Waals surface area contributed by atoms with Gasteiger partial charge in [-0.25, -0.2) is 0 Å². The highest BCUT2D eigenvalue weighted by atomic mass is 16.7. The molecule has 0 unspecified atom stereocenters. The second-order valence-electron chi connectivity index (χ2n) is 7.37. The predicted molar refractivity (Wildman–Crippen MR) is 107 cm³/mol. The fourth-order valence-corrected chi connectivity index (χ4v) is 4.34. The Morgan fingerprint density at radius 1 is 1.10 bits per heavy atom. The van der Waals surface area contributed by atoms with Gasteiger partial charge in [0, 0.05) is 54.8 Å². The highest BCUT2D eigenvalue weighted by molar-refractivity contribution is 5.50. The van der Waals surface area contributed by atoms with Gasteiger partial charge >= 0.3 is 0 Å². The topological polar surface area (TPSA) is 69.8 Å². The van der Waals surface area contributed by atoms with E-state index in [-0.39, 0.29) is 23.4 Å². The summed E-state index contributed by atoms with van der Waals surface area (Å²) in [6, 6.07) is 17.9. The SMILES string of the molecule is O=[N+]([O-])c1cc2c(c(CN3CCn4cccc4[C@H]3c3ccccc3)c1)OCOC2. The number of fused-ring (bicyclic) bond motifs is 2. The molecule has 0 fully saturated rings. The summed E-state index contributed by atoms with van der Waals surface area (Å²) in [6.45, 7) is 2.79. The second-order valence-corrected chi connectivity index (χ2v) is 7.37. The van der Waals surface area contributed by atoms with Crippen LogP contribution in [0.25, 0.3) is 0 Å². The van der Waals surface area contributed by atoms with E-state index in [0.717, 1.165) is 30.0 Å². The number of ether oxygens (including phenoxy) is 2. The molecule has 2 aliphatic heterocycles. The molecule has 0 spiro atoms. The third kappa shape index (κ3) is 3.28. The van der Waals surface area contributed by atoms with Gasteiger partial charge in [-0.1, -0.05) is 30.3 Å². The standard InChI is InChI=1S/C22H21N3O4/c26-25(27)19-11-17(22-18(12-19)14-28-15-29-22)13-24-10-9-23-8-4-7-20(23)21(24)16-5-2-1-3-6-16/h1-8,11-12,21H,9-10,13-15H2/t21-/m1/s1. The van der Waals surface area contributed by atoms with E-state index in [2.05, 4.69) is 39.9 Å². The molecular formula is C22H21N3O4. The van der Waals surface area contributed by atoms with E-state index in [9.17, 15) is 10.1 Å². The molecule has 0 radical (unpaired) electrons. The first-order chi connectivity index (χ1) is 14.2. The molecule has 0 saturated heterocycles. The van der Waals surface area contributed by atoms with Crippen molar-refractivity contribution >= 4 is 5.69 Å². The lowest BCUT2D eigenvalue weighted by Crippen LogP contribution is -2.38. The van der Waals surface area contributed by atoms with E-state index in [1.54, 1.807) is 12.1 Å². The van der Waals surface area contributed by atoms with Gasteiger partial charge in [0.05, 0.1) is 17.6 Å². The first-order valence-corrected chi connectivity index (χ1v) is 9.65. The molecule has 0 aliphatic carbocycles. The minimum atomic E-state index is -0.353. The van der Waals surface area contributed by atoms with Gasteiger partial charge in [0.25, 0.3) is 5.69 Å². The lowest BCUT2D eigenvalue weighted by molar-refractivity contribution is -0.385. The predicted octanol–water partition coefficient (Wildman–Crippen LogP) is 3.87. The Labute approximate surface area is 168 Å². The van der Waals surface area contributed by atoms with Crippen molar-refractivity contribution in [1.82, 2.24) is 9.47 Å². The number of rotatable bonds is 4. The quantitative estimate of drug-likeness (QED) is 0.499. The van der Waals surface area contributed by atoms with Crippen LogP contribution in [-0.4, -0.2) is 27.7 Å². The molecule has 0 saturated carbocycles. The lowest BCUT2D eigenvalue weighted by Gasteiger charge is -2.38. The van der Waals surface area contributed by atoms with Crippen LogP contribution < -0.4 is 4.74 Å². The van der Waals surface area contributed by atoms with Crippen LogP contribution in [0.5, 0.6) is 5.75 Å². The van der Waals surface area contributed by atoms with E-state index in [0.29, 0.717) is 13.2 Å². The molecule has 7 nitrogen and oxygen atoms in total. The Balaban J connectivity index is 1.56. The van der Waals surface area contributed by atoms with E-state index in [1.165, 1.54) is 11.3 Å². The van der Waals surface area contributed by atoms with Crippen molar-refractivity contribution in [3.8, 4) is 5.75 Å². The largest absolute Gasteiger partial charge is 0.467 e. The first kappa shape index (κ1) is 17.9. The number of nitro benzene ring substituents is 1. The maximum Gasteiger partial charge on any atom is 0.270 e. The summed E-state index contributed by atoms with van der Waals surface area (Å²) in [5.41, 5.74) is 4.07. The second kappa shape index (κ2) is 7.35. The molecule has 1 atom stereocenters. The van der Waals surface area contributed by atoms with Gasteiger partial charge in [0.2, 0.25) is 0 Å². The Morgan fingerprint density at radius 2 is 1.97 bits per heavy atom. The number of hydrogen-bond donors (Lipinski definition) is 0. The summed E-state index contributed by atoms with van der Waals surface area (Å²) in [4.78, 5) is 13.5. The van der Waals surface area contributed by atoms with E-state index >= 15 is 0 Å². The van der Waals surface area contributed by atoms with Crippen LogP contribution in [0.15, 0.2) is 60.8 Å². The van der Waals surface area contributed by atoms with E-state index in [4.69, 9.17) is 9.47 Å². The van der Waals surface area contributed by atoms with Crippen molar-refractivity contribution in [1.29, 1.82) is 0 Å². The van der Waals surface area contributed by atoms with Crippen LogP contribution in [-0.2, 0) is 24.4 Å². The number of nitro groups is 1. The summed E-state index contributed by atoms with van der Waals surface area (Å²) >= 11 is 0. The average Bonchev–Trinajstić information content (AvgIpc) is 3.23. The van der Waals surface area contributed by atoms with Gasteiger partial charge in [0.1, 0.15) is 5.75 Å². The van der Waals surface area contributed by atoms with E-state index in [1.807, 2.05) is 18.2 Å². The number of nitrogens with zero attached hydrogens (tertiary/aromatic N) is 3. The molecular weight excluding hydrogens is 370 g/mol. The van der Waals surface area contributed by atoms with Gasteiger partial charge in [-0.3, -0.25) is 15.0 Å². The Hall–Kier alpha value is -3.16. The van der Waals surface area contributed by atoms with Crippen LogP contribution in [0.2, 0.25) is 0 Å². The average molecular weight is 391 g/mol. The molecule has 3 heterocycles. The summed E-state index contributed by atoms with van der Waals surface area (Å²) < 4.78 is 13.4. The summed E-state index contributed by atoms with van der Waals surface area (Å²) in [5, 5.41) is 11.5. The zero-order valence-corrected chi connectivity index (χ0v) is 15.9. The van der Waals surface area contributed by atoms with Crippen molar-refractivity contribution in [2.24, 2.45) is 0 Å². The molecule has 0 bridgehead atoms. The lowest BCUT2D eigenvalue weighted by atomic mass is 9.98. The van der Waals surface area contributed by atoms with E-state index < -0.39 is 0 Å². The molecule has 1 aromatic heterocycles. The van der Waals surface area contributed by atoms with Crippen LogP contribution in [0.4, 0.5) is 5.69 Å². The minimum Gasteiger partial charge on any atom is -0.467 e. The van der Waals surface area contributed by atoms with Gasteiger partial charge in [-0.05, 0) is 17.7 Å². The van der Waals surface area contributed by atoms with Gasteiger partial charge < -0.3 is 14.0 Å². The van der Waals surface area contributed by atoms with Gasteiger partial charge in [0.15, 0.2) is 6.79 Å². The third-order valence-corrected chi connectivity index (χ3v) is 5.61. The summed E-state index contributed by atoms with van der Waals surface area (Å²) in [6.07, 6.45) is 2.11.